The molecule has 7 nitrogen and oxygen atoms in total. The summed E-state index contributed by atoms with van der Waals surface area (Å²) in [7, 11) is 5.68. The standard InChI is InChI=1S/C18H18O7/c1-21-14-9-12(10-15(22-2)16(14)23-3)18(20)25-13-7-5-11(6-8-13)17(19)24-4/h5-10H,1-4H3. The molecule has 132 valence electrons. The average Bonchev–Trinajstić information content (AvgIpc) is 2.66. The molecular formula is C18H18O7. The molecule has 0 aliphatic heterocycles. The van der Waals surface area contributed by atoms with Gasteiger partial charge in [0.15, 0.2) is 11.5 Å². The van der Waals surface area contributed by atoms with Gasteiger partial charge in [0.2, 0.25) is 5.75 Å². The second-order valence-electron chi connectivity index (χ2n) is 4.82. The van der Waals surface area contributed by atoms with E-state index in [4.69, 9.17) is 18.9 Å². The van der Waals surface area contributed by atoms with E-state index in [1.807, 2.05) is 0 Å². The van der Waals surface area contributed by atoms with Crippen LogP contribution in [0.15, 0.2) is 36.4 Å². The average molecular weight is 346 g/mol. The molecule has 0 aliphatic carbocycles. The Morgan fingerprint density at radius 2 is 1.28 bits per heavy atom. The number of ether oxygens (including phenoxy) is 5. The van der Waals surface area contributed by atoms with Gasteiger partial charge in [-0.1, -0.05) is 0 Å². The van der Waals surface area contributed by atoms with Crippen molar-refractivity contribution in [2.75, 3.05) is 28.4 Å². The molecular weight excluding hydrogens is 328 g/mol. The molecule has 2 aromatic rings. The monoisotopic (exact) mass is 346 g/mol. The minimum absolute atomic E-state index is 0.228. The third-order valence-electron chi connectivity index (χ3n) is 3.39. The molecule has 0 aromatic heterocycles. The molecule has 0 fully saturated rings. The van der Waals surface area contributed by atoms with E-state index in [9.17, 15) is 9.59 Å². The summed E-state index contributed by atoms with van der Waals surface area (Å²) in [6, 6.07) is 9.00. The van der Waals surface area contributed by atoms with Crippen LogP contribution in [-0.4, -0.2) is 40.4 Å². The number of carbonyl (C=O) groups excluding carboxylic acids is 2. The van der Waals surface area contributed by atoms with Crippen LogP contribution in [0.2, 0.25) is 0 Å². The van der Waals surface area contributed by atoms with Crippen molar-refractivity contribution < 1.29 is 33.3 Å². The van der Waals surface area contributed by atoms with Crippen molar-refractivity contribution in [1.82, 2.24) is 0 Å². The fraction of sp³-hybridized carbons (Fsp3) is 0.222. The van der Waals surface area contributed by atoms with Gasteiger partial charge in [0.1, 0.15) is 5.75 Å². The highest BCUT2D eigenvalue weighted by Crippen LogP contribution is 2.38. The van der Waals surface area contributed by atoms with Gasteiger partial charge in [0.05, 0.1) is 39.6 Å². The normalized spacial score (nSPS) is 9.92. The maximum absolute atomic E-state index is 12.4. The van der Waals surface area contributed by atoms with Crippen molar-refractivity contribution in [3.05, 3.63) is 47.5 Å². The Bertz CT molecular complexity index is 740. The lowest BCUT2D eigenvalue weighted by atomic mass is 10.1. The molecule has 0 saturated carbocycles. The Morgan fingerprint density at radius 3 is 1.72 bits per heavy atom. The Morgan fingerprint density at radius 1 is 0.720 bits per heavy atom. The largest absolute Gasteiger partial charge is 0.493 e. The zero-order valence-corrected chi connectivity index (χ0v) is 14.3. The first-order valence-electron chi connectivity index (χ1n) is 7.24. The highest BCUT2D eigenvalue weighted by Gasteiger charge is 2.18. The quantitative estimate of drug-likeness (QED) is 0.587. The lowest BCUT2D eigenvalue weighted by Crippen LogP contribution is -2.10. The summed E-state index contributed by atoms with van der Waals surface area (Å²) in [5.74, 6) is 0.271. The van der Waals surface area contributed by atoms with Crippen LogP contribution in [0.4, 0.5) is 0 Å². The van der Waals surface area contributed by atoms with Crippen LogP contribution in [-0.2, 0) is 4.74 Å². The lowest BCUT2D eigenvalue weighted by molar-refractivity contribution is 0.0600. The zero-order valence-electron chi connectivity index (χ0n) is 14.3. The van der Waals surface area contributed by atoms with Crippen LogP contribution in [0.3, 0.4) is 0 Å². The predicted molar refractivity (Wildman–Crippen MR) is 88.8 cm³/mol. The number of carbonyl (C=O) groups is 2. The summed E-state index contributed by atoms with van der Waals surface area (Å²) >= 11 is 0. The third-order valence-corrected chi connectivity index (χ3v) is 3.39. The second-order valence-corrected chi connectivity index (χ2v) is 4.82. The number of rotatable bonds is 6. The summed E-state index contributed by atoms with van der Waals surface area (Å²) in [6.45, 7) is 0. The fourth-order valence-electron chi connectivity index (χ4n) is 2.14. The molecule has 0 unspecified atom stereocenters. The number of esters is 2. The molecule has 0 bridgehead atoms. The van der Waals surface area contributed by atoms with Crippen molar-refractivity contribution in [2.45, 2.75) is 0 Å². The van der Waals surface area contributed by atoms with Crippen molar-refractivity contribution in [3.63, 3.8) is 0 Å². The van der Waals surface area contributed by atoms with Crippen molar-refractivity contribution >= 4 is 11.9 Å². The summed E-state index contributed by atoms with van der Waals surface area (Å²) in [4.78, 5) is 23.8. The molecule has 2 rings (SSSR count). The van der Waals surface area contributed by atoms with Gasteiger partial charge >= 0.3 is 11.9 Å². The number of hydrogen-bond donors (Lipinski definition) is 0. The minimum Gasteiger partial charge on any atom is -0.493 e. The van der Waals surface area contributed by atoms with Crippen LogP contribution in [0.5, 0.6) is 23.0 Å². The summed E-state index contributed by atoms with van der Waals surface area (Å²) < 4.78 is 25.5. The SMILES string of the molecule is COC(=O)c1ccc(OC(=O)c2cc(OC)c(OC)c(OC)c2)cc1. The summed E-state index contributed by atoms with van der Waals surface area (Å²) in [5.41, 5.74) is 0.585. The van der Waals surface area contributed by atoms with Crippen molar-refractivity contribution in [2.24, 2.45) is 0 Å². The van der Waals surface area contributed by atoms with E-state index in [2.05, 4.69) is 4.74 Å². The van der Waals surface area contributed by atoms with Crippen LogP contribution in [0, 0.1) is 0 Å². The molecule has 0 saturated heterocycles. The third kappa shape index (κ3) is 4.00. The van der Waals surface area contributed by atoms with Gasteiger partial charge in [0.25, 0.3) is 0 Å². The first-order valence-corrected chi connectivity index (χ1v) is 7.24. The molecule has 2 aromatic carbocycles. The highest BCUT2D eigenvalue weighted by atomic mass is 16.5. The fourth-order valence-corrected chi connectivity index (χ4v) is 2.14. The molecule has 0 atom stereocenters. The Balaban J connectivity index is 2.24. The molecule has 0 aliphatic rings. The smallest absolute Gasteiger partial charge is 0.343 e. The van der Waals surface area contributed by atoms with E-state index in [0.717, 1.165) is 0 Å². The van der Waals surface area contributed by atoms with Gasteiger partial charge in [-0.25, -0.2) is 9.59 Å². The molecule has 7 heteroatoms. The maximum Gasteiger partial charge on any atom is 0.343 e. The van der Waals surface area contributed by atoms with E-state index >= 15 is 0 Å². The predicted octanol–water partition coefficient (Wildman–Crippen LogP) is 2.72. The van der Waals surface area contributed by atoms with Crippen LogP contribution in [0.25, 0.3) is 0 Å². The molecule has 0 heterocycles. The zero-order chi connectivity index (χ0) is 18.4. The van der Waals surface area contributed by atoms with Crippen LogP contribution < -0.4 is 18.9 Å². The molecule has 0 radical (unpaired) electrons. The van der Waals surface area contributed by atoms with Crippen LogP contribution >= 0.6 is 0 Å². The number of benzene rings is 2. The van der Waals surface area contributed by atoms with Crippen molar-refractivity contribution in [1.29, 1.82) is 0 Å². The maximum atomic E-state index is 12.4. The second kappa shape index (κ2) is 8.05. The van der Waals surface area contributed by atoms with Crippen LogP contribution in [0.1, 0.15) is 20.7 Å². The topological polar surface area (TPSA) is 80.3 Å². The number of methoxy groups -OCH3 is 4. The van der Waals surface area contributed by atoms with E-state index < -0.39 is 11.9 Å². The van der Waals surface area contributed by atoms with Gasteiger partial charge in [-0.15, -0.1) is 0 Å². The minimum atomic E-state index is -0.606. The highest BCUT2D eigenvalue weighted by molar-refractivity contribution is 5.93. The van der Waals surface area contributed by atoms with E-state index in [0.29, 0.717) is 22.8 Å². The first kappa shape index (κ1) is 18.1. The van der Waals surface area contributed by atoms with Gasteiger partial charge < -0.3 is 23.7 Å². The van der Waals surface area contributed by atoms with E-state index in [1.54, 1.807) is 0 Å². The summed E-state index contributed by atoms with van der Waals surface area (Å²) in [5, 5.41) is 0. The molecule has 0 N–H and O–H groups in total. The Hall–Kier alpha value is -3.22. The van der Waals surface area contributed by atoms with Gasteiger partial charge in [-0.2, -0.15) is 0 Å². The van der Waals surface area contributed by atoms with Gasteiger partial charge in [-0.3, -0.25) is 0 Å². The van der Waals surface area contributed by atoms with Crippen molar-refractivity contribution in [3.8, 4) is 23.0 Å². The Labute approximate surface area is 145 Å². The Kier molecular flexibility index (Phi) is 5.84. The van der Waals surface area contributed by atoms with Gasteiger partial charge in [0, 0.05) is 0 Å². The van der Waals surface area contributed by atoms with E-state index in [-0.39, 0.29) is 11.3 Å². The molecule has 0 amide bonds. The lowest BCUT2D eigenvalue weighted by Gasteiger charge is -2.13. The number of hydrogen-bond acceptors (Lipinski definition) is 7. The van der Waals surface area contributed by atoms with E-state index in [1.165, 1.54) is 64.8 Å². The summed E-state index contributed by atoms with van der Waals surface area (Å²) in [6.07, 6.45) is 0. The first-order chi connectivity index (χ1) is 12.0. The van der Waals surface area contributed by atoms with Gasteiger partial charge in [-0.05, 0) is 36.4 Å². The molecule has 25 heavy (non-hydrogen) atoms. The molecule has 0 spiro atoms.